The smallest absolute Gasteiger partial charge is 0.267 e. The Bertz CT molecular complexity index is 928. The van der Waals surface area contributed by atoms with Crippen molar-refractivity contribution in [3.05, 3.63) is 29.8 Å². The number of hydrogen-bond acceptors (Lipinski definition) is 6. The first-order chi connectivity index (χ1) is 13.4. The fourth-order valence-corrected chi connectivity index (χ4v) is 5.73. The number of nitrogens with zero attached hydrogens (tertiary/aromatic N) is 3. The van der Waals surface area contributed by atoms with Gasteiger partial charge < -0.3 is 10.2 Å². The van der Waals surface area contributed by atoms with Gasteiger partial charge in [-0.3, -0.25) is 9.59 Å². The molecule has 4 rings (SSSR count). The summed E-state index contributed by atoms with van der Waals surface area (Å²) in [6.45, 7) is 2.13. The lowest BCUT2D eigenvalue weighted by molar-refractivity contribution is -0.133. The van der Waals surface area contributed by atoms with Gasteiger partial charge in [-0.2, -0.15) is 5.10 Å². The van der Waals surface area contributed by atoms with Crippen molar-refractivity contribution in [2.24, 2.45) is 5.10 Å². The topological polar surface area (TPSA) is 99.2 Å². The van der Waals surface area contributed by atoms with Gasteiger partial charge in [0.05, 0.1) is 17.5 Å². The predicted molar refractivity (Wildman–Crippen MR) is 106 cm³/mol. The highest BCUT2D eigenvalue weighted by atomic mass is 32.2. The van der Waals surface area contributed by atoms with Crippen molar-refractivity contribution in [2.75, 3.05) is 36.0 Å². The van der Waals surface area contributed by atoms with Gasteiger partial charge in [-0.1, -0.05) is 18.2 Å². The fraction of sp³-hybridized carbons (Fsp3) is 0.526. The first-order valence-corrected chi connectivity index (χ1v) is 11.5. The number of sulfone groups is 1. The van der Waals surface area contributed by atoms with E-state index in [0.29, 0.717) is 25.2 Å². The zero-order valence-electron chi connectivity index (χ0n) is 15.6. The summed E-state index contributed by atoms with van der Waals surface area (Å²) in [5.74, 6) is -0.514. The molecule has 0 aliphatic carbocycles. The summed E-state index contributed by atoms with van der Waals surface area (Å²) in [5.41, 5.74) is 2.84. The number of para-hydroxylation sites is 1. The third-order valence-electron chi connectivity index (χ3n) is 5.53. The molecule has 1 N–H and O–H groups in total. The van der Waals surface area contributed by atoms with Gasteiger partial charge in [0.2, 0.25) is 5.91 Å². The Kier molecular flexibility index (Phi) is 5.09. The number of anilines is 1. The van der Waals surface area contributed by atoms with Gasteiger partial charge in [0.25, 0.3) is 5.91 Å². The summed E-state index contributed by atoms with van der Waals surface area (Å²) in [4.78, 5) is 26.9. The Morgan fingerprint density at radius 1 is 1.21 bits per heavy atom. The lowest BCUT2D eigenvalue weighted by Crippen LogP contribution is -2.44. The molecule has 8 nitrogen and oxygen atoms in total. The van der Waals surface area contributed by atoms with E-state index < -0.39 is 15.9 Å². The van der Waals surface area contributed by atoms with Crippen molar-refractivity contribution in [1.82, 2.24) is 10.3 Å². The third-order valence-corrected chi connectivity index (χ3v) is 7.28. The number of amides is 2. The van der Waals surface area contributed by atoms with Crippen LogP contribution in [0.5, 0.6) is 0 Å². The van der Waals surface area contributed by atoms with Crippen LogP contribution in [0.3, 0.4) is 0 Å². The summed E-state index contributed by atoms with van der Waals surface area (Å²) in [7, 11) is -3.12. The van der Waals surface area contributed by atoms with E-state index in [9.17, 15) is 18.0 Å². The van der Waals surface area contributed by atoms with Gasteiger partial charge in [-0.15, -0.1) is 0 Å². The van der Waals surface area contributed by atoms with Gasteiger partial charge in [-0.05, 0) is 24.5 Å². The average Bonchev–Trinajstić information content (AvgIpc) is 3.25. The zero-order chi connectivity index (χ0) is 19.7. The number of hydrogen-bond donors (Lipinski definition) is 1. The Labute approximate surface area is 164 Å². The van der Waals surface area contributed by atoms with Crippen LogP contribution >= 0.6 is 0 Å². The second kappa shape index (κ2) is 7.54. The van der Waals surface area contributed by atoms with E-state index in [1.807, 2.05) is 12.1 Å². The fourth-order valence-electron chi connectivity index (χ4n) is 4.03. The van der Waals surface area contributed by atoms with Gasteiger partial charge in [0.1, 0.15) is 5.71 Å². The molecule has 0 unspecified atom stereocenters. The normalized spacial score (nSPS) is 23.5. The molecule has 1 aromatic rings. The van der Waals surface area contributed by atoms with Crippen LogP contribution in [0.2, 0.25) is 0 Å². The van der Waals surface area contributed by atoms with Crippen molar-refractivity contribution >= 4 is 33.1 Å². The van der Waals surface area contributed by atoms with Gasteiger partial charge >= 0.3 is 0 Å². The molecule has 0 bridgehead atoms. The molecule has 3 aliphatic heterocycles. The number of carbonyl (C=O) groups is 2. The molecule has 0 saturated carbocycles. The molecule has 1 saturated heterocycles. The average molecular weight is 404 g/mol. The van der Waals surface area contributed by atoms with Gasteiger partial charge in [0.15, 0.2) is 9.84 Å². The van der Waals surface area contributed by atoms with Crippen molar-refractivity contribution in [3.8, 4) is 0 Å². The minimum atomic E-state index is -3.12. The van der Waals surface area contributed by atoms with Crippen LogP contribution in [0.25, 0.3) is 0 Å². The van der Waals surface area contributed by atoms with Crippen molar-refractivity contribution < 1.29 is 18.0 Å². The summed E-state index contributed by atoms with van der Waals surface area (Å²) in [5, 5.41) is 8.31. The van der Waals surface area contributed by atoms with Crippen LogP contribution in [0.4, 0.5) is 5.69 Å². The lowest BCUT2D eigenvalue weighted by Gasteiger charge is -2.27. The molecule has 0 spiro atoms. The van der Waals surface area contributed by atoms with Crippen molar-refractivity contribution in [2.45, 2.75) is 31.7 Å². The van der Waals surface area contributed by atoms with Crippen LogP contribution in [-0.4, -0.2) is 68.1 Å². The molecule has 9 heteroatoms. The van der Waals surface area contributed by atoms with E-state index in [1.54, 1.807) is 0 Å². The van der Waals surface area contributed by atoms with Crippen molar-refractivity contribution in [3.63, 3.8) is 0 Å². The summed E-state index contributed by atoms with van der Waals surface area (Å²) in [6, 6.07) is 7.81. The quantitative estimate of drug-likeness (QED) is 0.763. The monoisotopic (exact) mass is 404 g/mol. The van der Waals surface area contributed by atoms with E-state index in [0.717, 1.165) is 13.0 Å². The van der Waals surface area contributed by atoms with Crippen LogP contribution in [0, 0.1) is 0 Å². The predicted octanol–water partition coefficient (Wildman–Crippen LogP) is 0.331. The van der Waals surface area contributed by atoms with Crippen LogP contribution in [0.15, 0.2) is 29.4 Å². The molecule has 3 heterocycles. The molecule has 3 aliphatic rings. The van der Waals surface area contributed by atoms with E-state index in [-0.39, 0.29) is 36.2 Å². The maximum atomic E-state index is 12.5. The van der Waals surface area contributed by atoms with Crippen LogP contribution in [0.1, 0.15) is 24.8 Å². The second-order valence-corrected chi connectivity index (χ2v) is 9.69. The standard InChI is InChI=1S/C19H24N4O4S/c24-18-6-5-16(21-23(18)15-8-12-28(26,27)13-15)19(25)20-9-11-22-10-7-14-3-1-2-4-17(14)22/h1-4,15H,5-13H2,(H,20,25)/t15-/m0/s1. The Hall–Kier alpha value is -2.42. The Morgan fingerprint density at radius 3 is 2.82 bits per heavy atom. The van der Waals surface area contributed by atoms with Crippen LogP contribution < -0.4 is 10.2 Å². The first-order valence-electron chi connectivity index (χ1n) is 9.64. The SMILES string of the molecule is O=C(NCCN1CCc2ccccc21)C1=NN([C@H]2CCS(=O)(=O)C2)C(=O)CC1. The van der Waals surface area contributed by atoms with E-state index in [2.05, 4.69) is 27.5 Å². The first kappa shape index (κ1) is 18.9. The minimum Gasteiger partial charge on any atom is -0.369 e. The Balaban J connectivity index is 1.34. The van der Waals surface area contributed by atoms with E-state index in [4.69, 9.17) is 0 Å². The molecule has 0 radical (unpaired) electrons. The second-order valence-electron chi connectivity index (χ2n) is 7.46. The Morgan fingerprint density at radius 2 is 2.04 bits per heavy atom. The minimum absolute atomic E-state index is 0.0653. The summed E-state index contributed by atoms with van der Waals surface area (Å²) in [6.07, 6.45) is 1.86. The number of fused-ring (bicyclic) bond motifs is 1. The highest BCUT2D eigenvalue weighted by Gasteiger charge is 2.37. The molecule has 150 valence electrons. The number of carbonyl (C=O) groups excluding carboxylic acids is 2. The molecular weight excluding hydrogens is 380 g/mol. The number of benzene rings is 1. The summed E-state index contributed by atoms with van der Waals surface area (Å²) >= 11 is 0. The zero-order valence-corrected chi connectivity index (χ0v) is 16.5. The maximum absolute atomic E-state index is 12.5. The van der Waals surface area contributed by atoms with Crippen molar-refractivity contribution in [1.29, 1.82) is 0 Å². The number of nitrogens with one attached hydrogen (secondary N) is 1. The molecule has 28 heavy (non-hydrogen) atoms. The molecular formula is C19H24N4O4S. The van der Waals surface area contributed by atoms with Gasteiger partial charge in [0, 0.05) is 38.2 Å². The molecule has 1 fully saturated rings. The molecule has 1 aromatic carbocycles. The highest BCUT2D eigenvalue weighted by molar-refractivity contribution is 7.91. The van der Waals surface area contributed by atoms with E-state index in [1.165, 1.54) is 16.3 Å². The maximum Gasteiger partial charge on any atom is 0.267 e. The largest absolute Gasteiger partial charge is 0.369 e. The molecule has 1 atom stereocenters. The lowest BCUT2D eigenvalue weighted by atomic mass is 10.1. The number of hydrazone groups is 1. The highest BCUT2D eigenvalue weighted by Crippen LogP contribution is 2.26. The summed E-state index contributed by atoms with van der Waals surface area (Å²) < 4.78 is 23.4. The van der Waals surface area contributed by atoms with Crippen LogP contribution in [-0.2, 0) is 25.8 Å². The van der Waals surface area contributed by atoms with Gasteiger partial charge in [-0.25, -0.2) is 13.4 Å². The number of rotatable bonds is 5. The van der Waals surface area contributed by atoms with E-state index >= 15 is 0 Å². The molecule has 0 aromatic heterocycles. The molecule has 2 amide bonds. The third kappa shape index (κ3) is 3.89.